The third-order valence-electron chi connectivity index (χ3n) is 5.69. The van der Waals surface area contributed by atoms with Crippen LogP contribution in [0, 0.1) is 4.77 Å². The maximum atomic E-state index is 12.9. The number of carbonyl (C=O) groups is 1. The van der Waals surface area contributed by atoms with Gasteiger partial charge in [-0.25, -0.2) is 0 Å². The van der Waals surface area contributed by atoms with Crippen molar-refractivity contribution >= 4 is 34.7 Å². The van der Waals surface area contributed by atoms with E-state index in [1.165, 1.54) is 10.3 Å². The molecule has 2 aromatic carbocycles. The molecule has 0 saturated heterocycles. The van der Waals surface area contributed by atoms with Crippen LogP contribution in [-0.4, -0.2) is 41.9 Å². The van der Waals surface area contributed by atoms with Crippen molar-refractivity contribution in [3.8, 4) is 11.5 Å². The monoisotopic (exact) mass is 468 g/mol. The minimum atomic E-state index is -0.201. The molecule has 1 aliphatic heterocycles. The van der Waals surface area contributed by atoms with Gasteiger partial charge in [0, 0.05) is 44.4 Å². The molecule has 0 bridgehead atoms. The standard InChI is InChI=1S/C24H28N4O4S/c1-2-27(17-8-4-3-5-9-17)12-7-11-25-22(29)10-6-13-28-23(30)18-14-20-21(32-16-31-20)15-19(18)26-24(28)33/h3-5,8-9,14-15H,2,6-7,10-13,16H2,1H3,(H,25,29)(H,26,33). The maximum absolute atomic E-state index is 12.9. The van der Waals surface area contributed by atoms with Gasteiger partial charge in [-0.3, -0.25) is 14.2 Å². The zero-order chi connectivity index (χ0) is 23.2. The largest absolute Gasteiger partial charge is 0.454 e. The van der Waals surface area contributed by atoms with Gasteiger partial charge in [-0.2, -0.15) is 0 Å². The van der Waals surface area contributed by atoms with Crippen molar-refractivity contribution < 1.29 is 14.3 Å². The highest BCUT2D eigenvalue weighted by atomic mass is 32.1. The van der Waals surface area contributed by atoms with Crippen LogP contribution in [0.3, 0.4) is 0 Å². The molecule has 0 atom stereocenters. The zero-order valence-corrected chi connectivity index (χ0v) is 19.5. The SMILES string of the molecule is CCN(CCCNC(=O)CCCn1c(=S)[nH]c2cc3c(cc2c1=O)OCO3)c1ccccc1. The van der Waals surface area contributed by atoms with Crippen molar-refractivity contribution in [2.75, 3.05) is 31.3 Å². The summed E-state index contributed by atoms with van der Waals surface area (Å²) >= 11 is 5.37. The number of rotatable bonds is 10. The summed E-state index contributed by atoms with van der Waals surface area (Å²) < 4.78 is 12.5. The highest BCUT2D eigenvalue weighted by Crippen LogP contribution is 2.34. The molecule has 2 N–H and O–H groups in total. The molecule has 4 rings (SSSR count). The fraction of sp³-hybridized carbons (Fsp3) is 0.375. The van der Waals surface area contributed by atoms with E-state index in [1.807, 2.05) is 18.2 Å². The van der Waals surface area contributed by atoms with Gasteiger partial charge in [-0.15, -0.1) is 0 Å². The summed E-state index contributed by atoms with van der Waals surface area (Å²) in [5.74, 6) is 1.11. The Bertz CT molecular complexity index is 1240. The van der Waals surface area contributed by atoms with Crippen LogP contribution in [0.2, 0.25) is 0 Å². The summed E-state index contributed by atoms with van der Waals surface area (Å²) in [5.41, 5.74) is 1.60. The number of ether oxygens (including phenoxy) is 2. The Morgan fingerprint density at radius 2 is 1.94 bits per heavy atom. The Balaban J connectivity index is 1.26. The molecule has 0 unspecified atom stereocenters. The minimum Gasteiger partial charge on any atom is -0.454 e. The maximum Gasteiger partial charge on any atom is 0.262 e. The van der Waals surface area contributed by atoms with Crippen LogP contribution < -0.4 is 25.2 Å². The number of benzene rings is 2. The van der Waals surface area contributed by atoms with Gasteiger partial charge >= 0.3 is 0 Å². The topological polar surface area (TPSA) is 88.6 Å². The highest BCUT2D eigenvalue weighted by molar-refractivity contribution is 7.71. The van der Waals surface area contributed by atoms with E-state index >= 15 is 0 Å². The van der Waals surface area contributed by atoms with Crippen molar-refractivity contribution in [1.29, 1.82) is 0 Å². The third-order valence-corrected chi connectivity index (χ3v) is 6.01. The third kappa shape index (κ3) is 5.36. The van der Waals surface area contributed by atoms with Crippen LogP contribution in [0.1, 0.15) is 26.2 Å². The van der Waals surface area contributed by atoms with Gasteiger partial charge in [0.25, 0.3) is 5.56 Å². The van der Waals surface area contributed by atoms with E-state index in [2.05, 4.69) is 34.3 Å². The van der Waals surface area contributed by atoms with Gasteiger partial charge in [-0.05, 0) is 50.2 Å². The summed E-state index contributed by atoms with van der Waals surface area (Å²) in [4.78, 5) is 30.5. The summed E-state index contributed by atoms with van der Waals surface area (Å²) in [6, 6.07) is 13.6. The van der Waals surface area contributed by atoms with Gasteiger partial charge in [0.1, 0.15) is 0 Å². The fourth-order valence-electron chi connectivity index (χ4n) is 3.94. The molecule has 0 spiro atoms. The van der Waals surface area contributed by atoms with Crippen molar-refractivity contribution in [2.45, 2.75) is 32.7 Å². The Kier molecular flexibility index (Phi) is 7.29. The van der Waals surface area contributed by atoms with Gasteiger partial charge in [0.15, 0.2) is 16.3 Å². The molecule has 1 aliphatic rings. The number of aromatic amines is 1. The van der Waals surface area contributed by atoms with Crippen LogP contribution in [0.15, 0.2) is 47.3 Å². The van der Waals surface area contributed by atoms with Crippen molar-refractivity contribution in [1.82, 2.24) is 14.9 Å². The molecule has 0 saturated carbocycles. The van der Waals surface area contributed by atoms with E-state index in [9.17, 15) is 9.59 Å². The second-order valence-corrected chi connectivity index (χ2v) is 8.25. The Labute approximate surface area is 197 Å². The van der Waals surface area contributed by atoms with Crippen LogP contribution in [-0.2, 0) is 11.3 Å². The Morgan fingerprint density at radius 1 is 1.18 bits per heavy atom. The summed E-state index contributed by atoms with van der Waals surface area (Å²) in [5, 5.41) is 3.45. The van der Waals surface area contributed by atoms with Gasteiger partial charge in [0.05, 0.1) is 10.9 Å². The van der Waals surface area contributed by atoms with E-state index < -0.39 is 0 Å². The average molecular weight is 469 g/mol. The lowest BCUT2D eigenvalue weighted by atomic mass is 10.2. The molecule has 8 nitrogen and oxygen atoms in total. The highest BCUT2D eigenvalue weighted by Gasteiger charge is 2.17. The van der Waals surface area contributed by atoms with Gasteiger partial charge in [-0.1, -0.05) is 18.2 Å². The number of nitrogens with zero attached hydrogens (tertiary/aromatic N) is 2. The second kappa shape index (κ2) is 10.5. The summed E-state index contributed by atoms with van der Waals surface area (Å²) in [6.07, 6.45) is 1.71. The Hall–Kier alpha value is -3.33. The average Bonchev–Trinajstić information content (AvgIpc) is 3.28. The quantitative estimate of drug-likeness (QED) is 0.349. The number of anilines is 1. The molecular weight excluding hydrogens is 440 g/mol. The van der Waals surface area contributed by atoms with E-state index in [-0.39, 0.29) is 18.3 Å². The predicted molar refractivity (Wildman–Crippen MR) is 131 cm³/mol. The molecule has 1 aromatic heterocycles. The van der Waals surface area contributed by atoms with Crippen molar-refractivity contribution in [3.63, 3.8) is 0 Å². The van der Waals surface area contributed by atoms with E-state index in [4.69, 9.17) is 21.7 Å². The molecule has 0 radical (unpaired) electrons. The molecule has 9 heteroatoms. The molecule has 3 aromatic rings. The Morgan fingerprint density at radius 3 is 2.70 bits per heavy atom. The first kappa shape index (κ1) is 22.8. The van der Waals surface area contributed by atoms with Gasteiger partial charge < -0.3 is 24.7 Å². The van der Waals surface area contributed by atoms with E-state index in [1.54, 1.807) is 12.1 Å². The predicted octanol–water partition coefficient (Wildman–Crippen LogP) is 3.60. The minimum absolute atomic E-state index is 0.0233. The van der Waals surface area contributed by atoms with Gasteiger partial charge in [0.2, 0.25) is 12.7 Å². The molecule has 0 aliphatic carbocycles. The molecule has 174 valence electrons. The van der Waals surface area contributed by atoms with Crippen LogP contribution in [0.4, 0.5) is 5.69 Å². The smallest absolute Gasteiger partial charge is 0.262 e. The zero-order valence-electron chi connectivity index (χ0n) is 18.6. The second-order valence-electron chi connectivity index (χ2n) is 7.86. The summed E-state index contributed by atoms with van der Waals surface area (Å²) in [6.45, 7) is 5.04. The van der Waals surface area contributed by atoms with E-state index in [0.717, 1.165) is 19.5 Å². The number of hydrogen-bond donors (Lipinski definition) is 2. The molecule has 1 amide bonds. The molecule has 2 heterocycles. The molecule has 33 heavy (non-hydrogen) atoms. The van der Waals surface area contributed by atoms with Crippen LogP contribution in [0.5, 0.6) is 11.5 Å². The lowest BCUT2D eigenvalue weighted by Gasteiger charge is -2.23. The summed E-state index contributed by atoms with van der Waals surface area (Å²) in [7, 11) is 0. The van der Waals surface area contributed by atoms with E-state index in [0.29, 0.717) is 53.1 Å². The van der Waals surface area contributed by atoms with Crippen LogP contribution in [0.25, 0.3) is 10.9 Å². The number of para-hydroxylation sites is 1. The molecular formula is C24H28N4O4S. The number of H-pyrrole nitrogens is 1. The lowest BCUT2D eigenvalue weighted by Crippen LogP contribution is -2.30. The number of aromatic nitrogens is 2. The number of fused-ring (bicyclic) bond motifs is 2. The number of nitrogens with one attached hydrogen (secondary N) is 2. The van der Waals surface area contributed by atoms with Crippen molar-refractivity contribution in [2.24, 2.45) is 0 Å². The molecule has 0 fully saturated rings. The first-order valence-corrected chi connectivity index (χ1v) is 11.6. The first-order chi connectivity index (χ1) is 16.1. The normalized spacial score (nSPS) is 12.2. The lowest BCUT2D eigenvalue weighted by molar-refractivity contribution is -0.121. The number of amides is 1. The number of carbonyl (C=O) groups excluding carboxylic acids is 1. The van der Waals surface area contributed by atoms with Crippen molar-refractivity contribution in [3.05, 3.63) is 57.6 Å². The number of hydrogen-bond acceptors (Lipinski definition) is 6. The fourth-order valence-corrected chi connectivity index (χ4v) is 4.22. The first-order valence-electron chi connectivity index (χ1n) is 11.2. The van der Waals surface area contributed by atoms with Crippen LogP contribution >= 0.6 is 12.2 Å².